The Hall–Kier alpha value is -1.82. The molecule has 1 atom stereocenters. The molecule has 0 radical (unpaired) electrons. The van der Waals surface area contributed by atoms with E-state index in [1.165, 1.54) is 18.2 Å². The van der Waals surface area contributed by atoms with Gasteiger partial charge < -0.3 is 15.3 Å². The van der Waals surface area contributed by atoms with Gasteiger partial charge in [-0.15, -0.1) is 0 Å². The van der Waals surface area contributed by atoms with Crippen LogP contribution < -0.4 is 5.32 Å². The first-order valence-electron chi connectivity index (χ1n) is 4.57. The maximum absolute atomic E-state index is 12.0. The number of halogens is 1. The van der Waals surface area contributed by atoms with Crippen molar-refractivity contribution in [1.82, 2.24) is 5.32 Å². The van der Waals surface area contributed by atoms with Gasteiger partial charge in [-0.2, -0.15) is 0 Å². The number of aliphatic carboxylic acids is 1. The average molecular weight is 229 g/mol. The van der Waals surface area contributed by atoms with E-state index in [2.05, 4.69) is 5.32 Å². The van der Waals surface area contributed by atoms with E-state index in [0.717, 1.165) is 0 Å². The highest BCUT2D eigenvalue weighted by Gasteiger charge is 2.17. The molecule has 0 bridgehead atoms. The number of phenolic OH excluding ortho intramolecular Hbond substituents is 2. The summed E-state index contributed by atoms with van der Waals surface area (Å²) in [6.07, 6.45) is 0.0209. The van der Waals surface area contributed by atoms with Gasteiger partial charge in [-0.25, -0.2) is 4.39 Å². The Bertz CT molecular complexity index is 383. The zero-order valence-electron chi connectivity index (χ0n) is 8.35. The van der Waals surface area contributed by atoms with Crippen LogP contribution in [-0.2, 0) is 11.2 Å². The summed E-state index contributed by atoms with van der Waals surface area (Å²) < 4.78 is 12.0. The second-order valence-electron chi connectivity index (χ2n) is 3.26. The Balaban J connectivity index is 2.77. The zero-order valence-corrected chi connectivity index (χ0v) is 8.35. The molecule has 4 N–H and O–H groups in total. The molecule has 0 amide bonds. The first kappa shape index (κ1) is 12.3. The van der Waals surface area contributed by atoms with Crippen LogP contribution in [0.2, 0.25) is 0 Å². The van der Waals surface area contributed by atoms with Crippen molar-refractivity contribution in [2.45, 2.75) is 12.5 Å². The third-order valence-electron chi connectivity index (χ3n) is 2.10. The van der Waals surface area contributed by atoms with Crippen molar-refractivity contribution in [2.24, 2.45) is 0 Å². The third-order valence-corrected chi connectivity index (χ3v) is 2.10. The minimum absolute atomic E-state index is 0.0209. The summed E-state index contributed by atoms with van der Waals surface area (Å²) in [5.41, 5.74) is 0.489. The molecule has 16 heavy (non-hydrogen) atoms. The van der Waals surface area contributed by atoms with E-state index in [0.29, 0.717) is 5.56 Å². The van der Waals surface area contributed by atoms with E-state index in [-0.39, 0.29) is 17.9 Å². The van der Waals surface area contributed by atoms with Crippen molar-refractivity contribution in [3.8, 4) is 11.5 Å². The topological polar surface area (TPSA) is 89.8 Å². The van der Waals surface area contributed by atoms with Crippen LogP contribution in [-0.4, -0.2) is 34.1 Å². The summed E-state index contributed by atoms with van der Waals surface area (Å²) in [5.74, 6) is -1.79. The summed E-state index contributed by atoms with van der Waals surface area (Å²) in [4.78, 5) is 10.7. The summed E-state index contributed by atoms with van der Waals surface area (Å²) >= 11 is 0. The molecule has 1 aromatic rings. The van der Waals surface area contributed by atoms with Crippen LogP contribution in [0, 0.1) is 0 Å². The minimum Gasteiger partial charge on any atom is -0.504 e. The van der Waals surface area contributed by atoms with Crippen molar-refractivity contribution in [3.63, 3.8) is 0 Å². The SMILES string of the molecule is O=C(O)[C@H](Cc1ccc(O)c(O)c1)NCF. The van der Waals surface area contributed by atoms with Gasteiger partial charge in [0.05, 0.1) is 0 Å². The van der Waals surface area contributed by atoms with Gasteiger partial charge in [0.25, 0.3) is 0 Å². The maximum Gasteiger partial charge on any atom is 0.321 e. The molecule has 5 nitrogen and oxygen atoms in total. The van der Waals surface area contributed by atoms with Crippen LogP contribution in [0.15, 0.2) is 18.2 Å². The highest BCUT2D eigenvalue weighted by atomic mass is 19.1. The van der Waals surface area contributed by atoms with Crippen LogP contribution in [0.5, 0.6) is 11.5 Å². The lowest BCUT2D eigenvalue weighted by Gasteiger charge is -2.12. The number of alkyl halides is 1. The van der Waals surface area contributed by atoms with Gasteiger partial charge in [0, 0.05) is 0 Å². The number of carboxylic acid groups (broad SMARTS) is 1. The Labute approximate surface area is 91.2 Å². The number of carbonyl (C=O) groups is 1. The third kappa shape index (κ3) is 3.09. The van der Waals surface area contributed by atoms with Crippen LogP contribution in [0.25, 0.3) is 0 Å². The molecule has 0 fully saturated rings. The Morgan fingerprint density at radius 1 is 1.38 bits per heavy atom. The van der Waals surface area contributed by atoms with Crippen LogP contribution >= 0.6 is 0 Å². The molecule has 6 heteroatoms. The lowest BCUT2D eigenvalue weighted by Crippen LogP contribution is -2.37. The largest absolute Gasteiger partial charge is 0.504 e. The van der Waals surface area contributed by atoms with Gasteiger partial charge in [0.15, 0.2) is 11.5 Å². The van der Waals surface area contributed by atoms with Crippen molar-refractivity contribution in [2.75, 3.05) is 6.80 Å². The minimum atomic E-state index is -1.18. The molecule has 0 spiro atoms. The van der Waals surface area contributed by atoms with E-state index < -0.39 is 18.8 Å². The predicted molar refractivity (Wildman–Crippen MR) is 54.0 cm³/mol. The Kier molecular flexibility index (Phi) is 4.07. The molecule has 0 saturated heterocycles. The monoisotopic (exact) mass is 229 g/mol. The van der Waals surface area contributed by atoms with E-state index in [4.69, 9.17) is 10.2 Å². The van der Waals surface area contributed by atoms with Crippen LogP contribution in [0.4, 0.5) is 4.39 Å². The van der Waals surface area contributed by atoms with E-state index in [9.17, 15) is 14.3 Å². The van der Waals surface area contributed by atoms with Gasteiger partial charge in [-0.05, 0) is 24.1 Å². The van der Waals surface area contributed by atoms with Gasteiger partial charge in [-0.3, -0.25) is 10.1 Å². The molecule has 0 aliphatic carbocycles. The summed E-state index contributed by atoms with van der Waals surface area (Å²) in [5, 5.41) is 29.1. The number of aromatic hydroxyl groups is 2. The lowest BCUT2D eigenvalue weighted by molar-refractivity contribution is -0.139. The molecule has 0 aromatic heterocycles. The normalized spacial score (nSPS) is 12.3. The van der Waals surface area contributed by atoms with Crippen molar-refractivity contribution >= 4 is 5.97 Å². The fourth-order valence-corrected chi connectivity index (χ4v) is 1.27. The Morgan fingerprint density at radius 3 is 2.56 bits per heavy atom. The van der Waals surface area contributed by atoms with Crippen molar-refractivity contribution in [3.05, 3.63) is 23.8 Å². The van der Waals surface area contributed by atoms with Gasteiger partial charge >= 0.3 is 5.97 Å². The molecule has 0 aliphatic rings. The van der Waals surface area contributed by atoms with E-state index >= 15 is 0 Å². The molecular formula is C10H12FNO4. The molecule has 0 aliphatic heterocycles. The highest BCUT2D eigenvalue weighted by Crippen LogP contribution is 2.25. The quantitative estimate of drug-likeness (QED) is 0.439. The predicted octanol–water partition coefficient (Wildman–Crippen LogP) is 0.610. The van der Waals surface area contributed by atoms with Crippen molar-refractivity contribution < 1.29 is 24.5 Å². The number of hydrogen-bond acceptors (Lipinski definition) is 4. The maximum atomic E-state index is 12.0. The number of nitrogens with one attached hydrogen (secondary N) is 1. The van der Waals surface area contributed by atoms with E-state index in [1.807, 2.05) is 0 Å². The molecule has 88 valence electrons. The standard InChI is InChI=1S/C10H12FNO4/c11-5-12-7(10(15)16)3-6-1-2-8(13)9(14)4-6/h1-2,4,7,12-14H,3,5H2,(H,15,16)/t7-/m0/s1. The summed E-state index contributed by atoms with van der Waals surface area (Å²) in [7, 11) is 0. The zero-order chi connectivity index (χ0) is 12.1. The molecular weight excluding hydrogens is 217 g/mol. The van der Waals surface area contributed by atoms with Gasteiger partial charge in [-0.1, -0.05) is 6.07 Å². The molecule has 0 saturated carbocycles. The number of hydrogen-bond donors (Lipinski definition) is 4. The second-order valence-corrected chi connectivity index (χ2v) is 3.26. The van der Waals surface area contributed by atoms with E-state index in [1.54, 1.807) is 0 Å². The molecule has 0 heterocycles. The molecule has 0 unspecified atom stereocenters. The second kappa shape index (κ2) is 5.32. The molecule has 1 aromatic carbocycles. The highest BCUT2D eigenvalue weighted by molar-refractivity contribution is 5.73. The number of phenols is 2. The van der Waals surface area contributed by atoms with Gasteiger partial charge in [0.2, 0.25) is 0 Å². The summed E-state index contributed by atoms with van der Waals surface area (Å²) in [6.45, 7) is -0.943. The van der Waals surface area contributed by atoms with Gasteiger partial charge in [0.1, 0.15) is 12.8 Å². The fourth-order valence-electron chi connectivity index (χ4n) is 1.27. The molecule has 1 rings (SSSR count). The Morgan fingerprint density at radius 2 is 2.06 bits per heavy atom. The average Bonchev–Trinajstić information content (AvgIpc) is 2.22. The smallest absolute Gasteiger partial charge is 0.321 e. The summed E-state index contributed by atoms with van der Waals surface area (Å²) in [6, 6.07) is 2.89. The lowest BCUT2D eigenvalue weighted by atomic mass is 10.1. The number of rotatable bonds is 5. The van der Waals surface area contributed by atoms with Crippen LogP contribution in [0.1, 0.15) is 5.56 Å². The first-order valence-corrected chi connectivity index (χ1v) is 4.57. The van der Waals surface area contributed by atoms with Crippen LogP contribution in [0.3, 0.4) is 0 Å². The fraction of sp³-hybridized carbons (Fsp3) is 0.300. The number of benzene rings is 1. The number of carboxylic acids is 1. The first-order chi connectivity index (χ1) is 7.54. The van der Waals surface area contributed by atoms with Crippen molar-refractivity contribution in [1.29, 1.82) is 0 Å².